The zero-order chi connectivity index (χ0) is 15.9. The average Bonchev–Trinajstić information content (AvgIpc) is 2.52. The summed E-state index contributed by atoms with van der Waals surface area (Å²) in [4.78, 5) is 23.4. The van der Waals surface area contributed by atoms with Gasteiger partial charge in [0.1, 0.15) is 0 Å². The summed E-state index contributed by atoms with van der Waals surface area (Å²) in [6, 6.07) is 14.1. The summed E-state index contributed by atoms with van der Waals surface area (Å²) >= 11 is 5.74. The lowest BCUT2D eigenvalue weighted by Crippen LogP contribution is -2.40. The van der Waals surface area contributed by atoms with Crippen LogP contribution in [-0.4, -0.2) is 11.8 Å². The topological polar surface area (TPSA) is 58.2 Å². The lowest BCUT2D eigenvalue weighted by molar-refractivity contribution is -0.117. The highest BCUT2D eigenvalue weighted by atomic mass is 35.5. The Morgan fingerprint density at radius 3 is 2.23 bits per heavy atom. The molecule has 2 aromatic rings. The van der Waals surface area contributed by atoms with Crippen LogP contribution in [0.15, 0.2) is 54.6 Å². The van der Waals surface area contributed by atoms with Crippen molar-refractivity contribution in [3.8, 4) is 0 Å². The van der Waals surface area contributed by atoms with E-state index in [1.807, 2.05) is 31.2 Å². The number of carbonyl (C=O) groups is 2. The van der Waals surface area contributed by atoms with Gasteiger partial charge in [-0.1, -0.05) is 41.4 Å². The fourth-order valence-electron chi connectivity index (χ4n) is 1.68. The van der Waals surface area contributed by atoms with E-state index < -0.39 is 11.8 Å². The first-order valence-corrected chi connectivity index (χ1v) is 7.03. The summed E-state index contributed by atoms with van der Waals surface area (Å²) < 4.78 is 0. The summed E-state index contributed by atoms with van der Waals surface area (Å²) in [5.74, 6) is -0.823. The van der Waals surface area contributed by atoms with Crippen LogP contribution in [0.25, 0.3) is 6.08 Å². The number of hydrazine groups is 1. The summed E-state index contributed by atoms with van der Waals surface area (Å²) in [5.41, 5.74) is 7.12. The Hall–Kier alpha value is -2.59. The number of carbonyl (C=O) groups excluding carboxylic acids is 2. The summed E-state index contributed by atoms with van der Waals surface area (Å²) in [5, 5.41) is 0.543. The van der Waals surface area contributed by atoms with Crippen molar-refractivity contribution in [3.05, 3.63) is 76.3 Å². The lowest BCUT2D eigenvalue weighted by Gasteiger charge is -2.05. The van der Waals surface area contributed by atoms with Crippen LogP contribution in [0.1, 0.15) is 21.5 Å². The smallest absolute Gasteiger partial charge is 0.268 e. The fraction of sp³-hybridized carbons (Fsp3) is 0.0588. The predicted octanol–water partition coefficient (Wildman–Crippen LogP) is 3.12. The van der Waals surface area contributed by atoms with Crippen LogP contribution in [0.3, 0.4) is 0 Å². The maximum Gasteiger partial charge on any atom is 0.269 e. The van der Waals surface area contributed by atoms with E-state index in [4.69, 9.17) is 11.6 Å². The molecule has 2 rings (SSSR count). The Morgan fingerprint density at radius 1 is 0.955 bits per heavy atom. The van der Waals surface area contributed by atoms with Gasteiger partial charge in [-0.25, -0.2) is 0 Å². The Morgan fingerprint density at radius 2 is 1.59 bits per heavy atom. The monoisotopic (exact) mass is 314 g/mol. The maximum atomic E-state index is 11.8. The van der Waals surface area contributed by atoms with Crippen molar-refractivity contribution >= 4 is 29.5 Å². The van der Waals surface area contributed by atoms with Gasteiger partial charge in [0.2, 0.25) is 0 Å². The minimum Gasteiger partial charge on any atom is -0.268 e. The number of amides is 2. The van der Waals surface area contributed by atoms with Gasteiger partial charge in [-0.2, -0.15) is 0 Å². The van der Waals surface area contributed by atoms with Crippen LogP contribution >= 0.6 is 11.6 Å². The number of rotatable bonds is 3. The molecule has 0 spiro atoms. The molecule has 0 heterocycles. The minimum absolute atomic E-state index is 0.409. The van der Waals surface area contributed by atoms with Crippen LogP contribution in [0.5, 0.6) is 0 Å². The van der Waals surface area contributed by atoms with Gasteiger partial charge in [0.15, 0.2) is 0 Å². The van der Waals surface area contributed by atoms with Crippen molar-refractivity contribution in [1.82, 2.24) is 10.9 Å². The first-order chi connectivity index (χ1) is 10.5. The van der Waals surface area contributed by atoms with E-state index in [0.717, 1.165) is 11.1 Å². The van der Waals surface area contributed by atoms with Gasteiger partial charge in [0.05, 0.1) is 0 Å². The molecule has 112 valence electrons. The highest BCUT2D eigenvalue weighted by Crippen LogP contribution is 2.09. The number of halogens is 1. The molecular weight excluding hydrogens is 300 g/mol. The summed E-state index contributed by atoms with van der Waals surface area (Å²) in [6.07, 6.45) is 3.02. The Bertz CT molecular complexity index is 692. The first kappa shape index (κ1) is 15.8. The number of benzene rings is 2. The van der Waals surface area contributed by atoms with Gasteiger partial charge in [-0.15, -0.1) is 0 Å². The van der Waals surface area contributed by atoms with E-state index in [0.29, 0.717) is 10.6 Å². The van der Waals surface area contributed by atoms with E-state index in [1.54, 1.807) is 30.3 Å². The van der Waals surface area contributed by atoms with Crippen LogP contribution in [0, 0.1) is 6.92 Å². The van der Waals surface area contributed by atoms with Crippen LogP contribution in [-0.2, 0) is 4.79 Å². The molecule has 4 nitrogen and oxygen atoms in total. The van der Waals surface area contributed by atoms with E-state index in [9.17, 15) is 9.59 Å². The van der Waals surface area contributed by atoms with E-state index in [2.05, 4.69) is 10.9 Å². The van der Waals surface area contributed by atoms with Crippen molar-refractivity contribution in [2.24, 2.45) is 0 Å². The fourth-order valence-corrected chi connectivity index (χ4v) is 1.81. The summed E-state index contributed by atoms with van der Waals surface area (Å²) in [6.45, 7) is 1.99. The van der Waals surface area contributed by atoms with E-state index >= 15 is 0 Å². The van der Waals surface area contributed by atoms with E-state index in [-0.39, 0.29) is 0 Å². The van der Waals surface area contributed by atoms with Gasteiger partial charge in [0, 0.05) is 16.7 Å². The molecule has 0 aliphatic rings. The molecule has 0 saturated heterocycles. The molecule has 0 fully saturated rings. The van der Waals surface area contributed by atoms with Crippen molar-refractivity contribution in [3.63, 3.8) is 0 Å². The first-order valence-electron chi connectivity index (χ1n) is 6.65. The molecule has 0 unspecified atom stereocenters. The zero-order valence-corrected chi connectivity index (χ0v) is 12.7. The van der Waals surface area contributed by atoms with Gasteiger partial charge in [-0.05, 0) is 42.8 Å². The largest absolute Gasteiger partial charge is 0.269 e. The highest BCUT2D eigenvalue weighted by molar-refractivity contribution is 6.30. The second-order valence-electron chi connectivity index (χ2n) is 4.69. The predicted molar refractivity (Wildman–Crippen MR) is 87.3 cm³/mol. The molecule has 0 aliphatic carbocycles. The molecule has 22 heavy (non-hydrogen) atoms. The van der Waals surface area contributed by atoms with Crippen molar-refractivity contribution in [2.45, 2.75) is 6.92 Å². The van der Waals surface area contributed by atoms with Crippen LogP contribution < -0.4 is 10.9 Å². The van der Waals surface area contributed by atoms with E-state index in [1.165, 1.54) is 6.08 Å². The molecule has 2 aromatic carbocycles. The van der Waals surface area contributed by atoms with Gasteiger partial charge in [0.25, 0.3) is 11.8 Å². The van der Waals surface area contributed by atoms with Crippen molar-refractivity contribution < 1.29 is 9.59 Å². The molecule has 0 bridgehead atoms. The number of hydrogen-bond acceptors (Lipinski definition) is 2. The molecule has 0 saturated carbocycles. The molecule has 2 N–H and O–H groups in total. The molecule has 0 aromatic heterocycles. The quantitative estimate of drug-likeness (QED) is 0.675. The SMILES string of the molecule is Cc1ccc(/C=C/C(=O)NNC(=O)c2ccc(Cl)cc2)cc1. The van der Waals surface area contributed by atoms with Gasteiger partial charge in [-0.3, -0.25) is 20.4 Å². The van der Waals surface area contributed by atoms with Gasteiger partial charge < -0.3 is 0 Å². The lowest BCUT2D eigenvalue weighted by atomic mass is 10.1. The third-order valence-electron chi connectivity index (χ3n) is 2.91. The minimum atomic E-state index is -0.414. The Labute approximate surface area is 133 Å². The van der Waals surface area contributed by atoms with Crippen molar-refractivity contribution in [1.29, 1.82) is 0 Å². The molecule has 0 aliphatic heterocycles. The molecular formula is C17H15ClN2O2. The molecule has 0 radical (unpaired) electrons. The standard InChI is InChI=1S/C17H15ClN2O2/c1-12-2-4-13(5-3-12)6-11-16(21)19-20-17(22)14-7-9-15(18)10-8-14/h2-11H,1H3,(H,19,21)(H,20,22)/b11-6+. The number of hydrogen-bond donors (Lipinski definition) is 2. The van der Waals surface area contributed by atoms with Crippen molar-refractivity contribution in [2.75, 3.05) is 0 Å². The second kappa shape index (κ2) is 7.43. The number of aryl methyl sites for hydroxylation is 1. The third-order valence-corrected chi connectivity index (χ3v) is 3.16. The molecule has 0 atom stereocenters. The molecule has 5 heteroatoms. The number of nitrogens with one attached hydrogen (secondary N) is 2. The average molecular weight is 315 g/mol. The highest BCUT2D eigenvalue weighted by Gasteiger charge is 2.05. The maximum absolute atomic E-state index is 11.8. The van der Waals surface area contributed by atoms with Crippen LogP contribution in [0.4, 0.5) is 0 Å². The third kappa shape index (κ3) is 4.75. The Kier molecular flexibility index (Phi) is 5.33. The molecule has 2 amide bonds. The van der Waals surface area contributed by atoms with Crippen LogP contribution in [0.2, 0.25) is 5.02 Å². The summed E-state index contributed by atoms with van der Waals surface area (Å²) in [7, 11) is 0. The van der Waals surface area contributed by atoms with Gasteiger partial charge >= 0.3 is 0 Å². The second-order valence-corrected chi connectivity index (χ2v) is 5.13. The Balaban J connectivity index is 1.86. The normalized spacial score (nSPS) is 10.5. The zero-order valence-electron chi connectivity index (χ0n) is 12.0.